The molecule has 0 amide bonds. The fourth-order valence-corrected chi connectivity index (χ4v) is 2.12. The summed E-state index contributed by atoms with van der Waals surface area (Å²) in [7, 11) is 0. The van der Waals surface area contributed by atoms with E-state index in [4.69, 9.17) is 10.9 Å². The average molecular weight is 252 g/mol. The number of aliphatic hydroxyl groups is 1. The molecule has 1 saturated heterocycles. The SMILES string of the molecule is Cc1cc(N2CCN(CCO)CC2)nc(NN)n1. The molecule has 7 nitrogen and oxygen atoms in total. The van der Waals surface area contributed by atoms with Gasteiger partial charge in [0.2, 0.25) is 5.95 Å². The van der Waals surface area contributed by atoms with Gasteiger partial charge < -0.3 is 10.0 Å². The molecule has 0 radical (unpaired) electrons. The zero-order valence-electron chi connectivity index (χ0n) is 10.6. The first-order valence-electron chi connectivity index (χ1n) is 6.13. The normalized spacial score (nSPS) is 16.9. The van der Waals surface area contributed by atoms with Gasteiger partial charge in [0.05, 0.1) is 6.61 Å². The van der Waals surface area contributed by atoms with Crippen molar-refractivity contribution < 1.29 is 5.11 Å². The van der Waals surface area contributed by atoms with Gasteiger partial charge in [0.15, 0.2) is 0 Å². The first-order chi connectivity index (χ1) is 8.72. The van der Waals surface area contributed by atoms with Crippen molar-refractivity contribution in [2.45, 2.75) is 6.92 Å². The van der Waals surface area contributed by atoms with Crippen LogP contribution < -0.4 is 16.2 Å². The van der Waals surface area contributed by atoms with Gasteiger partial charge in [-0.2, -0.15) is 4.98 Å². The van der Waals surface area contributed by atoms with Crippen LogP contribution in [0.2, 0.25) is 0 Å². The van der Waals surface area contributed by atoms with E-state index in [0.717, 1.165) is 44.2 Å². The summed E-state index contributed by atoms with van der Waals surface area (Å²) >= 11 is 0. The number of hydrogen-bond acceptors (Lipinski definition) is 7. The van der Waals surface area contributed by atoms with Crippen LogP contribution in [-0.2, 0) is 0 Å². The van der Waals surface area contributed by atoms with Gasteiger partial charge in [0.25, 0.3) is 0 Å². The molecule has 1 aromatic heterocycles. The Hall–Kier alpha value is -1.44. The summed E-state index contributed by atoms with van der Waals surface area (Å²) in [5, 5.41) is 8.91. The maximum Gasteiger partial charge on any atom is 0.239 e. The molecule has 2 rings (SSSR count). The van der Waals surface area contributed by atoms with E-state index in [1.165, 1.54) is 0 Å². The van der Waals surface area contributed by atoms with Crippen LogP contribution in [0.15, 0.2) is 6.07 Å². The Morgan fingerprint density at radius 1 is 1.33 bits per heavy atom. The summed E-state index contributed by atoms with van der Waals surface area (Å²) in [6, 6.07) is 1.96. The van der Waals surface area contributed by atoms with Crippen molar-refractivity contribution in [3.8, 4) is 0 Å². The highest BCUT2D eigenvalue weighted by molar-refractivity contribution is 5.44. The number of nitrogens with two attached hydrogens (primary N) is 1. The standard InChI is InChI=1S/C11H20N6O/c1-9-8-10(14-11(13-9)15-12)17-4-2-16(3-5-17)6-7-18/h8,18H,2-7,12H2,1H3,(H,13,14,15). The van der Waals surface area contributed by atoms with E-state index in [0.29, 0.717) is 5.95 Å². The molecule has 1 aliphatic heterocycles. The molecule has 100 valence electrons. The van der Waals surface area contributed by atoms with Crippen molar-refractivity contribution in [1.29, 1.82) is 0 Å². The van der Waals surface area contributed by atoms with E-state index in [1.807, 2.05) is 13.0 Å². The van der Waals surface area contributed by atoms with E-state index in [-0.39, 0.29) is 6.61 Å². The number of piperazine rings is 1. The molecule has 0 saturated carbocycles. The lowest BCUT2D eigenvalue weighted by molar-refractivity contribution is 0.188. The number of nitrogens with zero attached hydrogens (tertiary/aromatic N) is 4. The van der Waals surface area contributed by atoms with Gasteiger partial charge in [-0.05, 0) is 6.92 Å². The monoisotopic (exact) mass is 252 g/mol. The van der Waals surface area contributed by atoms with Crippen molar-refractivity contribution in [2.24, 2.45) is 5.84 Å². The van der Waals surface area contributed by atoms with Gasteiger partial charge in [0, 0.05) is 44.5 Å². The Morgan fingerprint density at radius 3 is 2.67 bits per heavy atom. The lowest BCUT2D eigenvalue weighted by atomic mass is 10.3. The molecular weight excluding hydrogens is 232 g/mol. The van der Waals surface area contributed by atoms with Gasteiger partial charge >= 0.3 is 0 Å². The second-order valence-corrected chi connectivity index (χ2v) is 4.39. The van der Waals surface area contributed by atoms with E-state index >= 15 is 0 Å². The van der Waals surface area contributed by atoms with Gasteiger partial charge in [0.1, 0.15) is 5.82 Å². The molecule has 0 atom stereocenters. The first-order valence-corrected chi connectivity index (χ1v) is 6.13. The topological polar surface area (TPSA) is 90.5 Å². The lowest BCUT2D eigenvalue weighted by Gasteiger charge is -2.35. The predicted octanol–water partition coefficient (Wildman–Crippen LogP) is -0.815. The van der Waals surface area contributed by atoms with E-state index < -0.39 is 0 Å². The molecule has 7 heteroatoms. The highest BCUT2D eigenvalue weighted by Crippen LogP contribution is 2.16. The maximum atomic E-state index is 8.91. The number of hydrogen-bond donors (Lipinski definition) is 3. The number of aliphatic hydroxyl groups excluding tert-OH is 1. The van der Waals surface area contributed by atoms with Crippen molar-refractivity contribution in [3.63, 3.8) is 0 Å². The molecule has 1 fully saturated rings. The Balaban J connectivity index is 2.02. The second kappa shape index (κ2) is 5.94. The van der Waals surface area contributed by atoms with Gasteiger partial charge in [-0.1, -0.05) is 0 Å². The van der Waals surface area contributed by atoms with Crippen LogP contribution in [-0.4, -0.2) is 59.3 Å². The summed E-state index contributed by atoms with van der Waals surface area (Å²) < 4.78 is 0. The quantitative estimate of drug-likeness (QED) is 0.476. The van der Waals surface area contributed by atoms with E-state index in [1.54, 1.807) is 0 Å². The molecule has 4 N–H and O–H groups in total. The van der Waals surface area contributed by atoms with Crippen molar-refractivity contribution in [3.05, 3.63) is 11.8 Å². The average Bonchev–Trinajstić information content (AvgIpc) is 2.39. The number of aryl methyl sites for hydroxylation is 1. The van der Waals surface area contributed by atoms with Crippen LogP contribution >= 0.6 is 0 Å². The molecule has 0 aliphatic carbocycles. The number of hydrazine groups is 1. The molecule has 0 bridgehead atoms. The Labute approximate surface area is 107 Å². The number of nitrogens with one attached hydrogen (secondary N) is 1. The zero-order valence-corrected chi connectivity index (χ0v) is 10.6. The Bertz CT molecular complexity index is 391. The number of nitrogen functional groups attached to an aromatic ring is 1. The third kappa shape index (κ3) is 3.06. The van der Waals surface area contributed by atoms with E-state index in [2.05, 4.69) is 25.2 Å². The van der Waals surface area contributed by atoms with Crippen LogP contribution in [0.4, 0.5) is 11.8 Å². The molecule has 0 unspecified atom stereocenters. The van der Waals surface area contributed by atoms with E-state index in [9.17, 15) is 0 Å². The lowest BCUT2D eigenvalue weighted by Crippen LogP contribution is -2.47. The fraction of sp³-hybridized carbons (Fsp3) is 0.636. The van der Waals surface area contributed by atoms with Crippen molar-refractivity contribution in [2.75, 3.05) is 49.7 Å². The summed E-state index contributed by atoms with van der Waals surface area (Å²) in [6.45, 7) is 6.57. The first kappa shape index (κ1) is 13.0. The molecular formula is C11H20N6O. The molecule has 2 heterocycles. The zero-order chi connectivity index (χ0) is 13.0. The van der Waals surface area contributed by atoms with Crippen LogP contribution in [0.1, 0.15) is 5.69 Å². The van der Waals surface area contributed by atoms with Crippen LogP contribution in [0.5, 0.6) is 0 Å². The minimum Gasteiger partial charge on any atom is -0.395 e. The summed E-state index contributed by atoms with van der Waals surface area (Å²) in [6.07, 6.45) is 0. The largest absolute Gasteiger partial charge is 0.395 e. The third-order valence-corrected chi connectivity index (χ3v) is 3.08. The molecule has 0 spiro atoms. The molecule has 0 aromatic carbocycles. The van der Waals surface area contributed by atoms with Crippen LogP contribution in [0.25, 0.3) is 0 Å². The number of β-amino-alcohol motifs (C(OH)–C–C–N with tert-alkyl or cyclic N) is 1. The summed E-state index contributed by atoms with van der Waals surface area (Å²) in [4.78, 5) is 13.0. The minimum atomic E-state index is 0.216. The van der Waals surface area contributed by atoms with Gasteiger partial charge in [-0.15, -0.1) is 0 Å². The van der Waals surface area contributed by atoms with Crippen molar-refractivity contribution in [1.82, 2.24) is 14.9 Å². The minimum absolute atomic E-state index is 0.216. The number of anilines is 2. The smallest absolute Gasteiger partial charge is 0.239 e. The van der Waals surface area contributed by atoms with Crippen LogP contribution in [0, 0.1) is 6.92 Å². The molecule has 18 heavy (non-hydrogen) atoms. The van der Waals surface area contributed by atoms with Gasteiger partial charge in [-0.3, -0.25) is 10.3 Å². The fourth-order valence-electron chi connectivity index (χ4n) is 2.12. The van der Waals surface area contributed by atoms with Crippen LogP contribution in [0.3, 0.4) is 0 Å². The van der Waals surface area contributed by atoms with Crippen molar-refractivity contribution >= 4 is 11.8 Å². The third-order valence-electron chi connectivity index (χ3n) is 3.08. The summed E-state index contributed by atoms with van der Waals surface area (Å²) in [5.74, 6) is 6.70. The number of rotatable bonds is 4. The Morgan fingerprint density at radius 2 is 2.06 bits per heavy atom. The number of aromatic nitrogens is 2. The van der Waals surface area contributed by atoms with Gasteiger partial charge in [-0.25, -0.2) is 10.8 Å². The molecule has 1 aliphatic rings. The summed E-state index contributed by atoms with van der Waals surface area (Å²) in [5.41, 5.74) is 3.38. The molecule has 1 aromatic rings. The predicted molar refractivity (Wildman–Crippen MR) is 70.3 cm³/mol. The highest BCUT2D eigenvalue weighted by atomic mass is 16.3. The second-order valence-electron chi connectivity index (χ2n) is 4.39. The highest BCUT2D eigenvalue weighted by Gasteiger charge is 2.18. The maximum absolute atomic E-state index is 8.91. The Kier molecular flexibility index (Phi) is 4.29.